The van der Waals surface area contributed by atoms with E-state index in [2.05, 4.69) is 14.5 Å². The van der Waals surface area contributed by atoms with E-state index in [0.717, 1.165) is 41.4 Å². The van der Waals surface area contributed by atoms with Crippen molar-refractivity contribution in [3.63, 3.8) is 0 Å². The first-order chi connectivity index (χ1) is 16.2. The second-order valence-electron chi connectivity index (χ2n) is 8.21. The highest BCUT2D eigenvalue weighted by atomic mass is 19.4. The van der Waals surface area contributed by atoms with Gasteiger partial charge >= 0.3 is 12.1 Å². The van der Waals surface area contributed by atoms with Crippen LogP contribution < -0.4 is 0 Å². The molecule has 1 fully saturated rings. The molecule has 34 heavy (non-hydrogen) atoms. The van der Waals surface area contributed by atoms with Crippen molar-refractivity contribution in [1.82, 2.24) is 19.4 Å². The number of nitrogens with zero attached hydrogens (tertiary/aromatic N) is 4. The number of amides is 1. The van der Waals surface area contributed by atoms with Crippen LogP contribution in [0.2, 0.25) is 0 Å². The van der Waals surface area contributed by atoms with Gasteiger partial charge in [-0.3, -0.25) is 4.79 Å². The molecule has 2 aliphatic rings. The Balaban J connectivity index is 0.000000344. The largest absolute Gasteiger partial charge is 0.490 e. The first-order valence-corrected chi connectivity index (χ1v) is 10.8. The maximum absolute atomic E-state index is 13.0. The van der Waals surface area contributed by atoms with E-state index >= 15 is 0 Å². The molecule has 11 heteroatoms. The van der Waals surface area contributed by atoms with Gasteiger partial charge in [-0.05, 0) is 30.9 Å². The van der Waals surface area contributed by atoms with Gasteiger partial charge in [0.2, 0.25) is 0 Å². The predicted octanol–water partition coefficient (Wildman–Crippen LogP) is 3.65. The maximum atomic E-state index is 13.0. The number of pyridine rings is 1. The van der Waals surface area contributed by atoms with E-state index in [1.807, 2.05) is 47.6 Å². The van der Waals surface area contributed by atoms with Crippen molar-refractivity contribution < 1.29 is 32.6 Å². The van der Waals surface area contributed by atoms with E-state index in [4.69, 9.17) is 14.6 Å². The van der Waals surface area contributed by atoms with Crippen molar-refractivity contribution in [3.8, 4) is 0 Å². The highest BCUT2D eigenvalue weighted by Crippen LogP contribution is 2.29. The van der Waals surface area contributed by atoms with Gasteiger partial charge < -0.3 is 19.3 Å². The zero-order valence-electron chi connectivity index (χ0n) is 18.2. The van der Waals surface area contributed by atoms with E-state index in [-0.39, 0.29) is 5.91 Å². The SMILES string of the molecule is O=C(O)C(F)(F)F.O=C(c1ccc2ccccc2n1)N1CCn2cnc(COCC3CC3)c2C1. The summed E-state index contributed by atoms with van der Waals surface area (Å²) in [7, 11) is 0. The minimum absolute atomic E-state index is 0.0296. The molecule has 2 aromatic heterocycles. The van der Waals surface area contributed by atoms with Crippen LogP contribution in [-0.4, -0.2) is 55.7 Å². The summed E-state index contributed by atoms with van der Waals surface area (Å²) >= 11 is 0. The maximum Gasteiger partial charge on any atom is 0.490 e. The zero-order valence-corrected chi connectivity index (χ0v) is 18.2. The molecule has 0 spiro atoms. The summed E-state index contributed by atoms with van der Waals surface area (Å²) < 4.78 is 39.7. The lowest BCUT2D eigenvalue weighted by atomic mass is 10.2. The van der Waals surface area contributed by atoms with Gasteiger partial charge in [-0.15, -0.1) is 0 Å². The monoisotopic (exact) mass is 476 g/mol. The standard InChI is InChI=1S/C21H22N4O2.C2HF3O2/c26-21(18-8-7-16-3-1-2-4-17(16)23-18)24-9-10-25-14-22-19(20(25)11-24)13-27-12-15-5-6-15;3-2(4,5)1(6)7/h1-4,7-8,14-15H,5-6,9-13H2;(H,6,7). The van der Waals surface area contributed by atoms with E-state index in [0.29, 0.717) is 25.4 Å². The van der Waals surface area contributed by atoms with Crippen LogP contribution >= 0.6 is 0 Å². The minimum Gasteiger partial charge on any atom is -0.475 e. The topological polar surface area (TPSA) is 97.5 Å². The number of imidazole rings is 1. The molecule has 0 unspecified atom stereocenters. The number of fused-ring (bicyclic) bond motifs is 2. The Bertz CT molecular complexity index is 1190. The highest BCUT2D eigenvalue weighted by Gasteiger charge is 2.38. The van der Waals surface area contributed by atoms with E-state index in [9.17, 15) is 18.0 Å². The number of carboxylic acid groups (broad SMARTS) is 1. The molecule has 1 amide bonds. The average molecular weight is 476 g/mol. The molecule has 5 rings (SSSR count). The second-order valence-corrected chi connectivity index (χ2v) is 8.21. The molecule has 0 saturated heterocycles. The van der Waals surface area contributed by atoms with Crippen LogP contribution in [0.25, 0.3) is 10.9 Å². The summed E-state index contributed by atoms with van der Waals surface area (Å²) in [4.78, 5) is 32.8. The van der Waals surface area contributed by atoms with Crippen LogP contribution in [0.1, 0.15) is 34.7 Å². The first-order valence-electron chi connectivity index (χ1n) is 10.8. The number of carbonyl (C=O) groups is 2. The Labute approximate surface area is 193 Å². The number of ether oxygens (including phenoxy) is 1. The number of rotatable bonds is 5. The number of halogens is 3. The van der Waals surface area contributed by atoms with E-state index < -0.39 is 12.1 Å². The Hall–Kier alpha value is -3.47. The van der Waals surface area contributed by atoms with Gasteiger partial charge in [-0.2, -0.15) is 13.2 Å². The molecule has 1 aliphatic heterocycles. The molecule has 1 aromatic carbocycles. The lowest BCUT2D eigenvalue weighted by Gasteiger charge is -2.28. The number of carboxylic acids is 1. The van der Waals surface area contributed by atoms with Crippen molar-refractivity contribution in [2.24, 2.45) is 5.92 Å². The van der Waals surface area contributed by atoms with E-state index in [1.54, 1.807) is 0 Å². The number of para-hydroxylation sites is 1. The van der Waals surface area contributed by atoms with Crippen molar-refractivity contribution >= 4 is 22.8 Å². The molecule has 1 N–H and O–H groups in total. The normalized spacial score (nSPS) is 15.4. The lowest BCUT2D eigenvalue weighted by molar-refractivity contribution is -0.192. The quantitative estimate of drug-likeness (QED) is 0.604. The summed E-state index contributed by atoms with van der Waals surface area (Å²) in [6, 6.07) is 11.6. The number of aromatic nitrogens is 3. The van der Waals surface area contributed by atoms with Crippen molar-refractivity contribution in [2.45, 2.75) is 38.7 Å². The number of hydrogen-bond acceptors (Lipinski definition) is 5. The molecule has 1 aliphatic carbocycles. The van der Waals surface area contributed by atoms with Crippen LogP contribution in [0.15, 0.2) is 42.7 Å². The molecular weight excluding hydrogens is 453 g/mol. The van der Waals surface area contributed by atoms with Gasteiger partial charge in [0.25, 0.3) is 5.91 Å². The Morgan fingerprint density at radius 2 is 1.85 bits per heavy atom. The van der Waals surface area contributed by atoms with Crippen molar-refractivity contribution in [1.29, 1.82) is 0 Å². The van der Waals surface area contributed by atoms with Crippen LogP contribution in [0.4, 0.5) is 13.2 Å². The zero-order chi connectivity index (χ0) is 24.3. The minimum atomic E-state index is -5.08. The molecule has 3 heterocycles. The summed E-state index contributed by atoms with van der Waals surface area (Å²) in [6.45, 7) is 3.31. The van der Waals surface area contributed by atoms with Gasteiger partial charge in [-0.1, -0.05) is 24.3 Å². The van der Waals surface area contributed by atoms with Gasteiger partial charge in [0.05, 0.1) is 36.4 Å². The molecule has 1 saturated carbocycles. The number of aliphatic carboxylic acids is 1. The first kappa shape index (κ1) is 23.7. The molecule has 3 aromatic rings. The van der Waals surface area contributed by atoms with Crippen molar-refractivity contribution in [2.75, 3.05) is 13.2 Å². The molecule has 180 valence electrons. The van der Waals surface area contributed by atoms with Gasteiger partial charge in [0.1, 0.15) is 5.69 Å². The Morgan fingerprint density at radius 3 is 2.56 bits per heavy atom. The fourth-order valence-electron chi connectivity index (χ4n) is 3.56. The fraction of sp³-hybridized carbons (Fsp3) is 0.391. The summed E-state index contributed by atoms with van der Waals surface area (Å²) in [5.74, 6) is -2.05. The summed E-state index contributed by atoms with van der Waals surface area (Å²) in [5, 5.41) is 8.17. The van der Waals surface area contributed by atoms with E-state index in [1.165, 1.54) is 12.8 Å². The van der Waals surface area contributed by atoms with Gasteiger partial charge in [-0.25, -0.2) is 14.8 Å². The van der Waals surface area contributed by atoms with Crippen molar-refractivity contribution in [3.05, 3.63) is 59.8 Å². The third-order valence-electron chi connectivity index (χ3n) is 5.62. The third-order valence-corrected chi connectivity index (χ3v) is 5.62. The molecule has 8 nitrogen and oxygen atoms in total. The molecular formula is C23H23F3N4O4. The summed E-state index contributed by atoms with van der Waals surface area (Å²) in [6.07, 6.45) is -0.661. The van der Waals surface area contributed by atoms with Gasteiger partial charge in [0, 0.05) is 25.1 Å². The number of alkyl halides is 3. The summed E-state index contributed by atoms with van der Waals surface area (Å²) in [5.41, 5.74) is 3.36. The predicted molar refractivity (Wildman–Crippen MR) is 115 cm³/mol. The molecule has 0 bridgehead atoms. The Morgan fingerprint density at radius 1 is 1.12 bits per heavy atom. The average Bonchev–Trinajstić information content (AvgIpc) is 3.56. The molecule has 0 radical (unpaired) electrons. The molecule has 0 atom stereocenters. The van der Waals surface area contributed by atoms with Crippen LogP contribution in [0, 0.1) is 5.92 Å². The second kappa shape index (κ2) is 9.80. The number of benzene rings is 1. The Kier molecular flexibility index (Phi) is 6.82. The highest BCUT2D eigenvalue weighted by molar-refractivity contribution is 5.95. The van der Waals surface area contributed by atoms with Crippen LogP contribution in [0.5, 0.6) is 0 Å². The smallest absolute Gasteiger partial charge is 0.475 e. The van der Waals surface area contributed by atoms with Gasteiger partial charge in [0.15, 0.2) is 0 Å². The van der Waals surface area contributed by atoms with Crippen LogP contribution in [0.3, 0.4) is 0 Å². The van der Waals surface area contributed by atoms with Crippen LogP contribution in [-0.2, 0) is 29.2 Å². The number of carbonyl (C=O) groups excluding carboxylic acids is 1. The third kappa shape index (κ3) is 5.71. The fourth-order valence-corrected chi connectivity index (χ4v) is 3.56. The lowest BCUT2D eigenvalue weighted by Crippen LogP contribution is -2.38. The number of hydrogen-bond donors (Lipinski definition) is 1.